The third-order valence-electron chi connectivity index (χ3n) is 2.51. The van der Waals surface area contributed by atoms with Crippen molar-refractivity contribution in [1.29, 1.82) is 0 Å². The Morgan fingerprint density at radius 2 is 2.00 bits per heavy atom. The summed E-state index contributed by atoms with van der Waals surface area (Å²) in [6, 6.07) is 8.78. The second kappa shape index (κ2) is 4.00. The molecule has 0 spiro atoms. The highest BCUT2D eigenvalue weighted by atomic mass is 32.2. The van der Waals surface area contributed by atoms with Gasteiger partial charge >= 0.3 is 6.03 Å². The van der Waals surface area contributed by atoms with Crippen molar-refractivity contribution in [2.45, 2.75) is 10.5 Å². The van der Waals surface area contributed by atoms with E-state index in [4.69, 9.17) is 11.5 Å². The van der Waals surface area contributed by atoms with Gasteiger partial charge in [-0.25, -0.2) is 9.69 Å². The number of hydrogen-bond donors (Lipinski definition) is 2. The Labute approximate surface area is 107 Å². The zero-order valence-electron chi connectivity index (χ0n) is 9.22. The van der Waals surface area contributed by atoms with E-state index < -0.39 is 11.5 Å². The summed E-state index contributed by atoms with van der Waals surface area (Å²) in [5, 5.41) is 9.13. The fraction of sp³-hybridized carbons (Fsp3) is 0.100. The number of primary amides is 1. The van der Waals surface area contributed by atoms with Gasteiger partial charge in [-0.1, -0.05) is 30.0 Å². The second-order valence-corrected chi connectivity index (χ2v) is 4.78. The smallest absolute Gasteiger partial charge is 0.322 e. The number of thioether (sulfide) groups is 1. The fourth-order valence-electron chi connectivity index (χ4n) is 1.71. The Bertz CT molecular complexity index is 598. The first-order valence-electron chi connectivity index (χ1n) is 5.20. The molecule has 1 aromatic heterocycles. The summed E-state index contributed by atoms with van der Waals surface area (Å²) in [6.45, 7) is 0. The molecule has 1 aliphatic rings. The van der Waals surface area contributed by atoms with Gasteiger partial charge in [0.05, 0.1) is 5.69 Å². The first-order valence-corrected chi connectivity index (χ1v) is 6.08. The van der Waals surface area contributed by atoms with Crippen LogP contribution in [-0.4, -0.2) is 26.5 Å². The van der Waals surface area contributed by atoms with Crippen LogP contribution in [0.2, 0.25) is 0 Å². The van der Waals surface area contributed by atoms with Crippen molar-refractivity contribution in [3.63, 3.8) is 0 Å². The number of hydrogen-bond acceptors (Lipinski definition) is 5. The minimum absolute atomic E-state index is 0.406. The molecule has 0 saturated heterocycles. The predicted octanol–water partition coefficient (Wildman–Crippen LogP) is 0.500. The number of para-hydroxylation sites is 1. The molecule has 0 aliphatic carbocycles. The van der Waals surface area contributed by atoms with E-state index in [0.29, 0.717) is 10.8 Å². The van der Waals surface area contributed by atoms with Gasteiger partial charge < -0.3 is 11.5 Å². The molecule has 1 aromatic carbocycles. The van der Waals surface area contributed by atoms with Crippen molar-refractivity contribution in [3.8, 4) is 5.69 Å². The van der Waals surface area contributed by atoms with Crippen LogP contribution in [0.15, 0.2) is 35.4 Å². The number of aromatic nitrogens is 3. The third kappa shape index (κ3) is 1.62. The van der Waals surface area contributed by atoms with Gasteiger partial charge in [0.2, 0.25) is 0 Å². The Morgan fingerprint density at radius 3 is 2.67 bits per heavy atom. The van der Waals surface area contributed by atoms with E-state index in [-0.39, 0.29) is 0 Å². The third-order valence-corrected chi connectivity index (χ3v) is 3.45. The van der Waals surface area contributed by atoms with Gasteiger partial charge in [0, 0.05) is 0 Å². The maximum Gasteiger partial charge on any atom is 0.322 e. The lowest BCUT2D eigenvalue weighted by molar-refractivity contribution is 0.253. The lowest BCUT2D eigenvalue weighted by atomic mass is 10.3. The first kappa shape index (κ1) is 11.1. The molecule has 3 rings (SSSR count). The van der Waals surface area contributed by atoms with Gasteiger partial charge in [0.15, 0.2) is 10.8 Å². The van der Waals surface area contributed by atoms with Gasteiger partial charge in [-0.2, -0.15) is 0 Å². The number of nitrogens with two attached hydrogens (primary N) is 2. The molecule has 0 radical (unpaired) electrons. The summed E-state index contributed by atoms with van der Waals surface area (Å²) in [4.78, 5) is 14.0. The molecule has 18 heavy (non-hydrogen) atoms. The lowest BCUT2D eigenvalue weighted by Gasteiger charge is -2.16. The highest BCUT2D eigenvalue weighted by Gasteiger charge is 2.35. The standard InChI is InChI=1S/C10H10N6OS/c11-9(17)15-7-8(18-10(15)12)14-16(13-7)6-4-2-1-3-5-6/h1-5,10H,12H2,(H2,11,17). The number of benzene rings is 1. The van der Waals surface area contributed by atoms with Gasteiger partial charge in [-0.3, -0.25) is 0 Å². The van der Waals surface area contributed by atoms with Crippen molar-refractivity contribution >= 4 is 23.6 Å². The van der Waals surface area contributed by atoms with Crippen LogP contribution in [0.25, 0.3) is 5.69 Å². The van der Waals surface area contributed by atoms with Crippen LogP contribution in [-0.2, 0) is 0 Å². The molecule has 2 heterocycles. The molecule has 4 N–H and O–H groups in total. The zero-order chi connectivity index (χ0) is 12.7. The monoisotopic (exact) mass is 262 g/mol. The minimum Gasteiger partial charge on any atom is -0.351 e. The van der Waals surface area contributed by atoms with Crippen LogP contribution >= 0.6 is 11.8 Å². The van der Waals surface area contributed by atoms with Crippen LogP contribution in [0.5, 0.6) is 0 Å². The molecule has 0 fully saturated rings. The molecule has 8 heteroatoms. The Morgan fingerprint density at radius 1 is 1.28 bits per heavy atom. The topological polar surface area (TPSA) is 103 Å². The summed E-state index contributed by atoms with van der Waals surface area (Å²) in [7, 11) is 0. The van der Waals surface area contributed by atoms with E-state index in [2.05, 4.69) is 10.2 Å². The SMILES string of the molecule is NC(=O)N1c2nn(-c3ccccc3)nc2SC1N. The largest absolute Gasteiger partial charge is 0.351 e. The number of urea groups is 1. The Hall–Kier alpha value is -2.06. The van der Waals surface area contributed by atoms with Crippen LogP contribution in [0.4, 0.5) is 10.6 Å². The maximum atomic E-state index is 11.3. The molecule has 2 aromatic rings. The highest BCUT2D eigenvalue weighted by Crippen LogP contribution is 2.38. The molecular weight excluding hydrogens is 252 g/mol. The van der Waals surface area contributed by atoms with Crippen LogP contribution in [0.3, 0.4) is 0 Å². The number of amides is 2. The Kier molecular flexibility index (Phi) is 2.46. The molecule has 7 nitrogen and oxygen atoms in total. The fourth-order valence-corrected chi connectivity index (χ4v) is 2.61. The molecule has 1 unspecified atom stereocenters. The summed E-state index contributed by atoms with van der Waals surface area (Å²) in [5.74, 6) is 0.406. The van der Waals surface area contributed by atoms with Crippen LogP contribution in [0, 0.1) is 0 Å². The van der Waals surface area contributed by atoms with E-state index in [1.807, 2.05) is 30.3 Å². The van der Waals surface area contributed by atoms with Crippen LogP contribution in [0.1, 0.15) is 0 Å². The number of carbonyl (C=O) groups is 1. The Balaban J connectivity index is 2.03. The second-order valence-electron chi connectivity index (χ2n) is 3.67. The molecule has 0 bridgehead atoms. The predicted molar refractivity (Wildman–Crippen MR) is 67.3 cm³/mol. The van der Waals surface area contributed by atoms with Gasteiger partial charge in [-0.15, -0.1) is 15.0 Å². The number of nitrogens with zero attached hydrogens (tertiary/aromatic N) is 4. The molecule has 0 saturated carbocycles. The van der Waals surface area contributed by atoms with Crippen molar-refractivity contribution in [1.82, 2.24) is 15.0 Å². The number of fused-ring (bicyclic) bond motifs is 1. The zero-order valence-corrected chi connectivity index (χ0v) is 10.0. The van der Waals surface area contributed by atoms with E-state index >= 15 is 0 Å². The quantitative estimate of drug-likeness (QED) is 0.779. The van der Waals surface area contributed by atoms with E-state index in [9.17, 15) is 4.79 Å². The van der Waals surface area contributed by atoms with Gasteiger partial charge in [0.25, 0.3) is 0 Å². The number of carbonyl (C=O) groups excluding carboxylic acids is 1. The van der Waals surface area contributed by atoms with E-state index in [0.717, 1.165) is 5.69 Å². The summed E-state index contributed by atoms with van der Waals surface area (Å²) in [6.07, 6.45) is 0. The molecular formula is C10H10N6OS. The van der Waals surface area contributed by atoms with Gasteiger partial charge in [0.1, 0.15) is 5.50 Å². The molecule has 2 amide bonds. The normalized spacial score (nSPS) is 17.8. The summed E-state index contributed by atoms with van der Waals surface area (Å²) < 4.78 is 0. The van der Waals surface area contributed by atoms with E-state index in [1.165, 1.54) is 21.5 Å². The lowest BCUT2D eigenvalue weighted by Crippen LogP contribution is -2.44. The van der Waals surface area contributed by atoms with Crippen LogP contribution < -0.4 is 16.4 Å². The first-order chi connectivity index (χ1) is 8.66. The van der Waals surface area contributed by atoms with E-state index in [1.54, 1.807) is 0 Å². The summed E-state index contributed by atoms with van der Waals surface area (Å²) in [5.41, 5.74) is 11.3. The molecule has 1 aliphatic heterocycles. The van der Waals surface area contributed by atoms with Crippen molar-refractivity contribution in [2.75, 3.05) is 4.90 Å². The molecule has 1 atom stereocenters. The average Bonchev–Trinajstić information content (AvgIpc) is 2.85. The van der Waals surface area contributed by atoms with Crippen molar-refractivity contribution < 1.29 is 4.79 Å². The number of rotatable bonds is 1. The van der Waals surface area contributed by atoms with Crippen molar-refractivity contribution in [2.24, 2.45) is 11.5 Å². The van der Waals surface area contributed by atoms with Crippen molar-refractivity contribution in [3.05, 3.63) is 30.3 Å². The summed E-state index contributed by atoms with van der Waals surface area (Å²) >= 11 is 1.25. The maximum absolute atomic E-state index is 11.3. The number of anilines is 1. The minimum atomic E-state index is -0.631. The average molecular weight is 262 g/mol. The van der Waals surface area contributed by atoms with Gasteiger partial charge in [-0.05, 0) is 12.1 Å². The molecule has 92 valence electrons. The highest BCUT2D eigenvalue weighted by molar-refractivity contribution is 8.00.